The summed E-state index contributed by atoms with van der Waals surface area (Å²) >= 11 is 5.99. The van der Waals surface area contributed by atoms with Crippen molar-refractivity contribution in [1.82, 2.24) is 0 Å². The van der Waals surface area contributed by atoms with Gasteiger partial charge in [-0.25, -0.2) is 0 Å². The second-order valence-electron chi connectivity index (χ2n) is 5.85. The molecule has 1 amide bonds. The van der Waals surface area contributed by atoms with Crippen molar-refractivity contribution in [2.45, 2.75) is 18.8 Å². The summed E-state index contributed by atoms with van der Waals surface area (Å²) in [7, 11) is 1.38. The fourth-order valence-corrected chi connectivity index (χ4v) is 3.32. The molecule has 4 nitrogen and oxygen atoms in total. The zero-order chi connectivity index (χ0) is 17.1. The Morgan fingerprint density at radius 3 is 2.75 bits per heavy atom. The molecule has 0 bridgehead atoms. The van der Waals surface area contributed by atoms with Gasteiger partial charge in [-0.3, -0.25) is 9.59 Å². The van der Waals surface area contributed by atoms with Gasteiger partial charge in [-0.15, -0.1) is 0 Å². The summed E-state index contributed by atoms with van der Waals surface area (Å²) in [5.74, 6) is -0.298. The van der Waals surface area contributed by atoms with Gasteiger partial charge in [0.1, 0.15) is 0 Å². The number of hydrogen-bond donors (Lipinski definition) is 0. The van der Waals surface area contributed by atoms with Crippen LogP contribution in [0.15, 0.2) is 48.5 Å². The molecule has 24 heavy (non-hydrogen) atoms. The first-order chi connectivity index (χ1) is 11.6. The van der Waals surface area contributed by atoms with Gasteiger partial charge in [0.2, 0.25) is 5.91 Å². The first kappa shape index (κ1) is 16.5. The molecule has 0 aliphatic carbocycles. The first-order valence-corrected chi connectivity index (χ1v) is 8.17. The Kier molecular flexibility index (Phi) is 4.86. The van der Waals surface area contributed by atoms with Gasteiger partial charge >= 0.3 is 5.97 Å². The normalized spacial score (nSPS) is 15.9. The van der Waals surface area contributed by atoms with Crippen LogP contribution in [0.25, 0.3) is 0 Å². The van der Waals surface area contributed by atoms with E-state index in [4.69, 9.17) is 16.3 Å². The molecule has 2 aromatic rings. The molecule has 1 unspecified atom stereocenters. The molecule has 0 saturated carbocycles. The number of anilines is 1. The number of para-hydroxylation sites is 1. The minimum Gasteiger partial charge on any atom is -0.469 e. The molecule has 5 heteroatoms. The molecular weight excluding hydrogens is 326 g/mol. The van der Waals surface area contributed by atoms with Crippen molar-refractivity contribution in [3.8, 4) is 0 Å². The van der Waals surface area contributed by atoms with Gasteiger partial charge in [0, 0.05) is 23.2 Å². The van der Waals surface area contributed by atoms with E-state index in [1.165, 1.54) is 7.11 Å². The summed E-state index contributed by atoms with van der Waals surface area (Å²) in [5.41, 5.74) is 2.77. The van der Waals surface area contributed by atoms with E-state index in [0.717, 1.165) is 16.8 Å². The Morgan fingerprint density at radius 2 is 2.00 bits per heavy atom. The lowest BCUT2D eigenvalue weighted by atomic mass is 9.98. The molecule has 0 radical (unpaired) electrons. The number of carbonyl (C=O) groups is 2. The molecule has 0 aromatic heterocycles. The van der Waals surface area contributed by atoms with Crippen LogP contribution >= 0.6 is 11.6 Å². The zero-order valence-electron chi connectivity index (χ0n) is 13.4. The molecule has 124 valence electrons. The fraction of sp³-hybridized carbons (Fsp3) is 0.263. The van der Waals surface area contributed by atoms with Crippen LogP contribution in [0.1, 0.15) is 23.5 Å². The predicted octanol–water partition coefficient (Wildman–Crippen LogP) is 3.58. The Labute approximate surface area is 146 Å². The molecule has 0 spiro atoms. The standard InChI is InChI=1S/C19H18ClNO3/c1-24-19(23)11-14-12-21(17-8-3-2-7-16(14)17)18(22)10-13-5-4-6-15(20)9-13/h2-9,14H,10-12H2,1H3. The highest BCUT2D eigenvalue weighted by molar-refractivity contribution is 6.30. The van der Waals surface area contributed by atoms with Crippen LogP contribution in [0.4, 0.5) is 5.69 Å². The van der Waals surface area contributed by atoms with Crippen molar-refractivity contribution in [1.29, 1.82) is 0 Å². The number of fused-ring (bicyclic) bond motifs is 1. The van der Waals surface area contributed by atoms with Gasteiger partial charge in [-0.05, 0) is 29.3 Å². The predicted molar refractivity (Wildman–Crippen MR) is 93.3 cm³/mol. The van der Waals surface area contributed by atoms with Gasteiger partial charge in [0.05, 0.1) is 20.0 Å². The molecule has 3 rings (SSSR count). The van der Waals surface area contributed by atoms with Crippen molar-refractivity contribution >= 4 is 29.2 Å². The summed E-state index contributed by atoms with van der Waals surface area (Å²) in [6, 6.07) is 15.0. The number of halogens is 1. The van der Waals surface area contributed by atoms with Crippen molar-refractivity contribution in [3.05, 3.63) is 64.7 Å². The van der Waals surface area contributed by atoms with Gasteiger partial charge in [0.15, 0.2) is 0 Å². The number of nitrogens with zero attached hydrogens (tertiary/aromatic N) is 1. The molecule has 1 atom stereocenters. The summed E-state index contributed by atoms with van der Waals surface area (Å²) in [5, 5.41) is 0.616. The molecule has 1 aliphatic heterocycles. The van der Waals surface area contributed by atoms with E-state index in [0.29, 0.717) is 11.6 Å². The van der Waals surface area contributed by atoms with Crippen molar-refractivity contribution in [2.24, 2.45) is 0 Å². The van der Waals surface area contributed by atoms with E-state index in [1.807, 2.05) is 36.4 Å². The highest BCUT2D eigenvalue weighted by Crippen LogP contribution is 2.38. The summed E-state index contributed by atoms with van der Waals surface area (Å²) in [6.45, 7) is 0.494. The van der Waals surface area contributed by atoms with Gasteiger partial charge < -0.3 is 9.64 Å². The van der Waals surface area contributed by atoms with Crippen LogP contribution in [0.5, 0.6) is 0 Å². The summed E-state index contributed by atoms with van der Waals surface area (Å²) in [4.78, 5) is 26.2. The molecular formula is C19H18ClNO3. The quantitative estimate of drug-likeness (QED) is 0.797. The van der Waals surface area contributed by atoms with E-state index in [2.05, 4.69) is 0 Å². The second kappa shape index (κ2) is 7.05. The van der Waals surface area contributed by atoms with Crippen LogP contribution < -0.4 is 4.90 Å². The first-order valence-electron chi connectivity index (χ1n) is 7.79. The number of benzene rings is 2. The maximum absolute atomic E-state index is 12.8. The third kappa shape index (κ3) is 3.44. The van der Waals surface area contributed by atoms with Crippen LogP contribution in [0, 0.1) is 0 Å². The van der Waals surface area contributed by atoms with Crippen molar-refractivity contribution in [2.75, 3.05) is 18.6 Å². The number of rotatable bonds is 4. The summed E-state index contributed by atoms with van der Waals surface area (Å²) in [6.07, 6.45) is 0.550. The van der Waals surface area contributed by atoms with Crippen molar-refractivity contribution < 1.29 is 14.3 Å². The molecule has 2 aromatic carbocycles. The lowest BCUT2D eigenvalue weighted by molar-refractivity contribution is -0.141. The topological polar surface area (TPSA) is 46.6 Å². The smallest absolute Gasteiger partial charge is 0.306 e. The number of amides is 1. The third-order valence-electron chi connectivity index (χ3n) is 4.26. The molecule has 0 fully saturated rings. The van der Waals surface area contributed by atoms with Gasteiger partial charge in [-0.1, -0.05) is 41.9 Å². The van der Waals surface area contributed by atoms with Gasteiger partial charge in [0.25, 0.3) is 0 Å². The van der Waals surface area contributed by atoms with Crippen LogP contribution in [0.2, 0.25) is 5.02 Å². The Bertz CT molecular complexity index is 775. The molecule has 1 heterocycles. The fourth-order valence-electron chi connectivity index (χ4n) is 3.11. The SMILES string of the molecule is COC(=O)CC1CN(C(=O)Cc2cccc(Cl)c2)c2ccccc21. The highest BCUT2D eigenvalue weighted by Gasteiger charge is 2.33. The van der Waals surface area contributed by atoms with Crippen LogP contribution in [0.3, 0.4) is 0 Å². The van der Waals surface area contributed by atoms with E-state index in [9.17, 15) is 9.59 Å². The maximum atomic E-state index is 12.8. The van der Waals surface area contributed by atoms with Crippen molar-refractivity contribution in [3.63, 3.8) is 0 Å². The highest BCUT2D eigenvalue weighted by atomic mass is 35.5. The van der Waals surface area contributed by atoms with E-state index >= 15 is 0 Å². The van der Waals surface area contributed by atoms with E-state index < -0.39 is 0 Å². The second-order valence-corrected chi connectivity index (χ2v) is 6.28. The van der Waals surface area contributed by atoms with Crippen LogP contribution in [-0.4, -0.2) is 25.5 Å². The summed E-state index contributed by atoms with van der Waals surface area (Å²) < 4.78 is 4.77. The Morgan fingerprint density at radius 1 is 1.21 bits per heavy atom. The number of hydrogen-bond acceptors (Lipinski definition) is 3. The number of carbonyl (C=O) groups excluding carboxylic acids is 2. The maximum Gasteiger partial charge on any atom is 0.306 e. The number of methoxy groups -OCH3 is 1. The minimum atomic E-state index is -0.265. The molecule has 0 N–H and O–H groups in total. The van der Waals surface area contributed by atoms with E-state index in [-0.39, 0.29) is 30.6 Å². The Hall–Kier alpha value is -2.33. The number of ether oxygens (including phenoxy) is 1. The van der Waals surface area contributed by atoms with Gasteiger partial charge in [-0.2, -0.15) is 0 Å². The average molecular weight is 344 g/mol. The zero-order valence-corrected chi connectivity index (χ0v) is 14.1. The third-order valence-corrected chi connectivity index (χ3v) is 4.49. The Balaban J connectivity index is 1.81. The molecule has 1 aliphatic rings. The lowest BCUT2D eigenvalue weighted by Gasteiger charge is -2.18. The number of esters is 1. The largest absolute Gasteiger partial charge is 0.469 e. The average Bonchev–Trinajstić information content (AvgIpc) is 2.94. The molecule has 0 saturated heterocycles. The van der Waals surface area contributed by atoms with Crippen LogP contribution in [-0.2, 0) is 20.7 Å². The lowest BCUT2D eigenvalue weighted by Crippen LogP contribution is -2.31. The monoisotopic (exact) mass is 343 g/mol. The minimum absolute atomic E-state index is 0.00270. The van der Waals surface area contributed by atoms with E-state index in [1.54, 1.807) is 17.0 Å².